The first kappa shape index (κ1) is 21.1. The molecule has 1 unspecified atom stereocenters. The maximum atomic E-state index is 12.6. The van der Waals surface area contributed by atoms with Crippen LogP contribution in [0.25, 0.3) is 0 Å². The maximum Gasteiger partial charge on any atom is 0.270 e. The molecule has 0 radical (unpaired) electrons. The molecule has 1 atom stereocenters. The third-order valence-corrected chi connectivity index (χ3v) is 7.21. The number of aryl methyl sites for hydroxylation is 2. The van der Waals surface area contributed by atoms with Gasteiger partial charge in [0.2, 0.25) is 9.47 Å². The zero-order valence-electron chi connectivity index (χ0n) is 16.3. The Balaban J connectivity index is 1.71. The van der Waals surface area contributed by atoms with Gasteiger partial charge in [-0.2, -0.15) is 0 Å². The predicted molar refractivity (Wildman–Crippen MR) is 114 cm³/mol. The fraction of sp³-hybridized carbons (Fsp3) is 0.250. The summed E-state index contributed by atoms with van der Waals surface area (Å²) in [4.78, 5) is 12.4. The molecule has 0 fully saturated rings. The van der Waals surface area contributed by atoms with Crippen LogP contribution in [-0.2, 0) is 16.4 Å². The number of amides is 1. The van der Waals surface area contributed by atoms with Crippen LogP contribution < -0.4 is 10.0 Å². The number of benzene rings is 2. The summed E-state index contributed by atoms with van der Waals surface area (Å²) in [5.74, 6) is -0.361. The van der Waals surface area contributed by atoms with Crippen molar-refractivity contribution in [3.8, 4) is 0 Å². The summed E-state index contributed by atoms with van der Waals surface area (Å²) in [5, 5.41) is 10.3. The van der Waals surface area contributed by atoms with Crippen molar-refractivity contribution >= 4 is 32.4 Å². The second kappa shape index (κ2) is 8.81. The fourth-order valence-electron chi connectivity index (χ4n) is 2.75. The number of hydrogen-bond acceptors (Lipinski definition) is 6. The first-order chi connectivity index (χ1) is 13.8. The van der Waals surface area contributed by atoms with Gasteiger partial charge in [-0.3, -0.25) is 10.1 Å². The van der Waals surface area contributed by atoms with Crippen molar-refractivity contribution in [3.63, 3.8) is 0 Å². The van der Waals surface area contributed by atoms with Gasteiger partial charge in [-0.05, 0) is 43.0 Å². The van der Waals surface area contributed by atoms with Gasteiger partial charge in [-0.1, -0.05) is 60.7 Å². The van der Waals surface area contributed by atoms with Gasteiger partial charge in [0.1, 0.15) is 0 Å². The summed E-state index contributed by atoms with van der Waals surface area (Å²) >= 11 is 0.807. The lowest BCUT2D eigenvalue weighted by molar-refractivity contribution is 0.102. The van der Waals surface area contributed by atoms with Gasteiger partial charge in [-0.25, -0.2) is 13.1 Å². The first-order valence-electron chi connectivity index (χ1n) is 9.12. The third-order valence-electron chi connectivity index (χ3n) is 4.47. The van der Waals surface area contributed by atoms with Gasteiger partial charge in [0.05, 0.1) is 0 Å². The summed E-state index contributed by atoms with van der Waals surface area (Å²) in [6, 6.07) is 14.4. The quantitative estimate of drug-likeness (QED) is 0.557. The highest BCUT2D eigenvalue weighted by molar-refractivity contribution is 7.91. The van der Waals surface area contributed by atoms with E-state index in [1.807, 2.05) is 43.3 Å². The van der Waals surface area contributed by atoms with E-state index in [4.69, 9.17) is 0 Å². The number of rotatable bonds is 7. The largest absolute Gasteiger partial charge is 0.296 e. The molecule has 2 aromatic carbocycles. The average molecular weight is 431 g/mol. The van der Waals surface area contributed by atoms with E-state index < -0.39 is 16.1 Å². The normalized spacial score (nSPS) is 12.5. The molecule has 0 aliphatic carbocycles. The lowest BCUT2D eigenvalue weighted by Crippen LogP contribution is -2.26. The van der Waals surface area contributed by atoms with Crippen LogP contribution in [0.2, 0.25) is 0 Å². The van der Waals surface area contributed by atoms with Crippen molar-refractivity contribution in [3.05, 3.63) is 70.8 Å². The van der Waals surface area contributed by atoms with Crippen molar-refractivity contribution in [2.75, 3.05) is 5.32 Å². The Kier molecular flexibility index (Phi) is 6.41. The Morgan fingerprint density at radius 1 is 1.10 bits per heavy atom. The van der Waals surface area contributed by atoms with E-state index in [0.717, 1.165) is 28.9 Å². The van der Waals surface area contributed by atoms with Crippen molar-refractivity contribution < 1.29 is 13.2 Å². The SMILES string of the molecule is CCc1ccc(C(C)NS(=O)(=O)c2nnc(NC(=O)c3ccccc3C)s2)cc1. The summed E-state index contributed by atoms with van der Waals surface area (Å²) in [5.41, 5.74) is 3.34. The van der Waals surface area contributed by atoms with Gasteiger partial charge in [0, 0.05) is 11.6 Å². The van der Waals surface area contributed by atoms with Crippen molar-refractivity contribution in [1.29, 1.82) is 0 Å². The number of nitrogens with zero attached hydrogens (tertiary/aromatic N) is 2. The fourth-order valence-corrected chi connectivity index (χ4v) is 4.90. The number of nitrogens with one attached hydrogen (secondary N) is 2. The van der Waals surface area contributed by atoms with Crippen LogP contribution in [0, 0.1) is 6.92 Å². The highest BCUT2D eigenvalue weighted by Gasteiger charge is 2.24. The number of aromatic nitrogens is 2. The molecule has 0 saturated carbocycles. The van der Waals surface area contributed by atoms with E-state index in [1.54, 1.807) is 19.1 Å². The monoisotopic (exact) mass is 430 g/mol. The zero-order chi connectivity index (χ0) is 21.0. The van der Waals surface area contributed by atoms with Crippen LogP contribution in [-0.4, -0.2) is 24.5 Å². The third kappa shape index (κ3) is 5.06. The summed E-state index contributed by atoms with van der Waals surface area (Å²) in [6.07, 6.45) is 0.919. The standard InChI is InChI=1S/C20H22N4O3S2/c1-4-15-9-11-16(12-10-15)14(3)24-29(26,27)20-23-22-19(28-20)21-18(25)17-8-6-5-7-13(17)2/h5-12,14,24H,4H2,1-3H3,(H,21,22,25). The topological polar surface area (TPSA) is 101 Å². The summed E-state index contributed by atoms with van der Waals surface area (Å²) in [6.45, 7) is 5.65. The van der Waals surface area contributed by atoms with Crippen LogP contribution in [0.5, 0.6) is 0 Å². The smallest absolute Gasteiger partial charge is 0.270 e. The number of carbonyl (C=O) groups excluding carboxylic acids is 1. The van der Waals surface area contributed by atoms with E-state index in [2.05, 4.69) is 27.2 Å². The molecule has 3 aromatic rings. The molecule has 29 heavy (non-hydrogen) atoms. The van der Waals surface area contributed by atoms with Gasteiger partial charge in [0.25, 0.3) is 15.9 Å². The molecule has 9 heteroatoms. The van der Waals surface area contributed by atoms with E-state index in [-0.39, 0.29) is 15.4 Å². The molecule has 0 spiro atoms. The average Bonchev–Trinajstić information content (AvgIpc) is 3.17. The van der Waals surface area contributed by atoms with Crippen LogP contribution in [0.15, 0.2) is 52.9 Å². The second-order valence-electron chi connectivity index (χ2n) is 6.58. The van der Waals surface area contributed by atoms with Crippen LogP contribution in [0.4, 0.5) is 5.13 Å². The maximum absolute atomic E-state index is 12.6. The Morgan fingerprint density at radius 3 is 2.45 bits per heavy atom. The van der Waals surface area contributed by atoms with Crippen molar-refractivity contribution in [2.45, 2.75) is 37.6 Å². The lowest BCUT2D eigenvalue weighted by atomic mass is 10.1. The Hall–Kier alpha value is -2.62. The first-order valence-corrected chi connectivity index (χ1v) is 11.4. The van der Waals surface area contributed by atoms with Gasteiger partial charge >= 0.3 is 0 Å². The van der Waals surface area contributed by atoms with E-state index >= 15 is 0 Å². The van der Waals surface area contributed by atoms with Gasteiger partial charge < -0.3 is 0 Å². The Bertz CT molecular complexity index is 1110. The molecule has 1 heterocycles. The molecular formula is C20H22N4O3S2. The lowest BCUT2D eigenvalue weighted by Gasteiger charge is -2.13. The van der Waals surface area contributed by atoms with Crippen LogP contribution in [0.1, 0.15) is 46.9 Å². The van der Waals surface area contributed by atoms with Gasteiger partial charge in [0.15, 0.2) is 0 Å². The minimum absolute atomic E-state index is 0.124. The number of anilines is 1. The molecule has 0 aliphatic rings. The molecule has 1 aromatic heterocycles. The Labute approximate surface area is 174 Å². The summed E-state index contributed by atoms with van der Waals surface area (Å²) in [7, 11) is -3.87. The number of hydrogen-bond donors (Lipinski definition) is 2. The minimum atomic E-state index is -3.87. The van der Waals surface area contributed by atoms with Crippen molar-refractivity contribution in [1.82, 2.24) is 14.9 Å². The molecule has 1 amide bonds. The molecule has 7 nitrogen and oxygen atoms in total. The molecule has 2 N–H and O–H groups in total. The molecule has 3 rings (SSSR count). The van der Waals surface area contributed by atoms with E-state index in [9.17, 15) is 13.2 Å². The minimum Gasteiger partial charge on any atom is -0.296 e. The molecule has 0 aliphatic heterocycles. The van der Waals surface area contributed by atoms with E-state index in [0.29, 0.717) is 5.56 Å². The van der Waals surface area contributed by atoms with Crippen LogP contribution >= 0.6 is 11.3 Å². The second-order valence-corrected chi connectivity index (χ2v) is 9.45. The highest BCUT2D eigenvalue weighted by Crippen LogP contribution is 2.23. The highest BCUT2D eigenvalue weighted by atomic mass is 32.2. The number of sulfonamides is 1. The van der Waals surface area contributed by atoms with Gasteiger partial charge in [-0.15, -0.1) is 10.2 Å². The number of carbonyl (C=O) groups is 1. The Morgan fingerprint density at radius 2 is 1.79 bits per heavy atom. The van der Waals surface area contributed by atoms with Crippen molar-refractivity contribution in [2.24, 2.45) is 0 Å². The predicted octanol–water partition coefficient (Wildman–Crippen LogP) is 3.70. The molecular weight excluding hydrogens is 408 g/mol. The van der Waals surface area contributed by atoms with Crippen LogP contribution in [0.3, 0.4) is 0 Å². The molecule has 0 saturated heterocycles. The summed E-state index contributed by atoms with van der Waals surface area (Å²) < 4.78 is 27.7. The zero-order valence-corrected chi connectivity index (χ0v) is 18.0. The molecule has 152 valence electrons. The van der Waals surface area contributed by atoms with E-state index in [1.165, 1.54) is 5.56 Å². The molecule has 0 bridgehead atoms.